The number of methoxy groups -OCH3 is 1. The normalized spacial score (nSPS) is 11.5. The molecule has 0 unspecified atom stereocenters. The summed E-state index contributed by atoms with van der Waals surface area (Å²) in [6, 6.07) is 12.4. The van der Waals surface area contributed by atoms with Crippen molar-refractivity contribution in [1.82, 2.24) is 0 Å². The fourth-order valence-corrected chi connectivity index (χ4v) is 2.39. The maximum Gasteiger partial charge on any atom is 0.337 e. The number of rotatable bonds is 6. The molecule has 0 fully saturated rings. The highest BCUT2D eigenvalue weighted by Gasteiger charge is 2.20. The first-order chi connectivity index (χ1) is 12.0. The predicted molar refractivity (Wildman–Crippen MR) is 97.0 cm³/mol. The van der Waals surface area contributed by atoms with Gasteiger partial charge in [-0.05, 0) is 55.7 Å². The summed E-state index contributed by atoms with van der Waals surface area (Å²) in [5.74, 6) is -0.00879. The van der Waals surface area contributed by atoms with Crippen LogP contribution in [0.1, 0.15) is 34.8 Å². The largest absolute Gasteiger partial charge is 0.480 e. The van der Waals surface area contributed by atoms with E-state index in [1.807, 2.05) is 39.0 Å². The number of carbonyl (C=O) groups excluding carboxylic acids is 2. The summed E-state index contributed by atoms with van der Waals surface area (Å²) in [4.78, 5) is 24.1. The van der Waals surface area contributed by atoms with Gasteiger partial charge in [-0.1, -0.05) is 25.1 Å². The van der Waals surface area contributed by atoms with Crippen molar-refractivity contribution in [3.63, 3.8) is 0 Å². The second-order valence-electron chi connectivity index (χ2n) is 5.77. The van der Waals surface area contributed by atoms with E-state index in [1.165, 1.54) is 7.11 Å². The molecular formula is C20H23NO4. The van der Waals surface area contributed by atoms with Crippen molar-refractivity contribution < 1.29 is 19.1 Å². The molecule has 2 rings (SSSR count). The van der Waals surface area contributed by atoms with Gasteiger partial charge in [0.1, 0.15) is 5.75 Å². The minimum atomic E-state index is -0.623. The predicted octanol–water partition coefficient (Wildman–Crippen LogP) is 3.89. The molecule has 0 saturated heterocycles. The van der Waals surface area contributed by atoms with Gasteiger partial charge in [-0.3, -0.25) is 4.79 Å². The number of hydrogen-bond donors (Lipinski definition) is 1. The molecule has 1 amide bonds. The molecule has 25 heavy (non-hydrogen) atoms. The van der Waals surface area contributed by atoms with Crippen LogP contribution in [0, 0.1) is 13.8 Å². The fourth-order valence-electron chi connectivity index (χ4n) is 2.39. The van der Waals surface area contributed by atoms with Crippen LogP contribution in [0.3, 0.4) is 0 Å². The molecule has 0 aliphatic carbocycles. The first-order valence-corrected chi connectivity index (χ1v) is 8.18. The Kier molecular flexibility index (Phi) is 6.17. The maximum atomic E-state index is 12.5. The zero-order chi connectivity index (χ0) is 18.4. The van der Waals surface area contributed by atoms with Gasteiger partial charge in [0, 0.05) is 5.69 Å². The maximum absolute atomic E-state index is 12.5. The van der Waals surface area contributed by atoms with Crippen LogP contribution in [0.25, 0.3) is 0 Å². The number of carbonyl (C=O) groups is 2. The summed E-state index contributed by atoms with van der Waals surface area (Å²) >= 11 is 0. The summed E-state index contributed by atoms with van der Waals surface area (Å²) < 4.78 is 10.6. The van der Waals surface area contributed by atoms with E-state index >= 15 is 0 Å². The quantitative estimate of drug-likeness (QED) is 0.810. The number of aryl methyl sites for hydroxylation is 1. The van der Waals surface area contributed by atoms with Crippen LogP contribution in [0.15, 0.2) is 42.5 Å². The van der Waals surface area contributed by atoms with Gasteiger partial charge in [0.2, 0.25) is 0 Å². The minimum absolute atomic E-state index is 0.259. The van der Waals surface area contributed by atoms with Crippen molar-refractivity contribution in [1.29, 1.82) is 0 Å². The molecule has 2 aromatic rings. The van der Waals surface area contributed by atoms with Gasteiger partial charge in [-0.2, -0.15) is 0 Å². The van der Waals surface area contributed by atoms with Crippen molar-refractivity contribution in [2.75, 3.05) is 12.4 Å². The van der Waals surface area contributed by atoms with Gasteiger partial charge in [0.05, 0.1) is 12.7 Å². The van der Waals surface area contributed by atoms with E-state index in [0.717, 1.165) is 11.1 Å². The molecule has 132 valence electrons. The van der Waals surface area contributed by atoms with E-state index < -0.39 is 12.1 Å². The third kappa shape index (κ3) is 4.59. The molecule has 5 nitrogen and oxygen atoms in total. The van der Waals surface area contributed by atoms with Gasteiger partial charge in [0.15, 0.2) is 6.10 Å². The molecule has 0 aliphatic heterocycles. The average Bonchev–Trinajstić information content (AvgIpc) is 2.62. The smallest absolute Gasteiger partial charge is 0.337 e. The number of amides is 1. The van der Waals surface area contributed by atoms with Crippen molar-refractivity contribution in [2.45, 2.75) is 33.3 Å². The van der Waals surface area contributed by atoms with Crippen molar-refractivity contribution in [3.8, 4) is 5.75 Å². The Hall–Kier alpha value is -2.82. The summed E-state index contributed by atoms with van der Waals surface area (Å²) in [5, 5.41) is 2.79. The third-order valence-corrected chi connectivity index (χ3v) is 4.04. The lowest BCUT2D eigenvalue weighted by Crippen LogP contribution is -2.32. The summed E-state index contributed by atoms with van der Waals surface area (Å²) in [6.45, 7) is 5.86. The highest BCUT2D eigenvalue weighted by molar-refractivity contribution is 5.96. The monoisotopic (exact) mass is 341 g/mol. The molecular weight excluding hydrogens is 318 g/mol. The molecule has 0 radical (unpaired) electrons. The van der Waals surface area contributed by atoms with Crippen molar-refractivity contribution in [3.05, 3.63) is 59.2 Å². The Labute approximate surface area is 148 Å². The highest BCUT2D eigenvalue weighted by Crippen LogP contribution is 2.23. The van der Waals surface area contributed by atoms with Crippen LogP contribution in [-0.2, 0) is 9.53 Å². The lowest BCUT2D eigenvalue weighted by molar-refractivity contribution is -0.122. The summed E-state index contributed by atoms with van der Waals surface area (Å²) in [5.41, 5.74) is 3.03. The standard InChI is InChI=1S/C20H23NO4/c1-5-17(25-18-11-6-8-13(2)14(18)3)19(22)21-16-10-7-9-15(12-16)20(23)24-4/h6-12,17H,5H2,1-4H3,(H,21,22)/t17-/m1/s1. The van der Waals surface area contributed by atoms with Gasteiger partial charge >= 0.3 is 5.97 Å². The summed E-state index contributed by atoms with van der Waals surface area (Å²) in [7, 11) is 1.32. The van der Waals surface area contributed by atoms with Gasteiger partial charge in [-0.25, -0.2) is 4.79 Å². The van der Waals surface area contributed by atoms with Crippen LogP contribution in [-0.4, -0.2) is 25.1 Å². The molecule has 0 heterocycles. The number of nitrogens with one attached hydrogen (secondary N) is 1. The number of hydrogen-bond acceptors (Lipinski definition) is 4. The first-order valence-electron chi connectivity index (χ1n) is 8.18. The third-order valence-electron chi connectivity index (χ3n) is 4.04. The number of benzene rings is 2. The van der Waals surface area contributed by atoms with Crippen LogP contribution in [0.4, 0.5) is 5.69 Å². The second-order valence-corrected chi connectivity index (χ2v) is 5.77. The van der Waals surface area contributed by atoms with Gasteiger partial charge in [-0.15, -0.1) is 0 Å². The molecule has 1 atom stereocenters. The molecule has 0 bridgehead atoms. The zero-order valence-corrected chi connectivity index (χ0v) is 15.0. The van der Waals surface area contributed by atoms with E-state index in [4.69, 9.17) is 9.47 Å². The molecule has 0 saturated carbocycles. The van der Waals surface area contributed by atoms with Crippen molar-refractivity contribution in [2.24, 2.45) is 0 Å². The average molecular weight is 341 g/mol. The fraction of sp³-hybridized carbons (Fsp3) is 0.300. The molecule has 0 aliphatic rings. The lowest BCUT2D eigenvalue weighted by Gasteiger charge is -2.19. The van der Waals surface area contributed by atoms with E-state index in [9.17, 15) is 9.59 Å². The van der Waals surface area contributed by atoms with Crippen LogP contribution in [0.5, 0.6) is 5.75 Å². The Morgan fingerprint density at radius 3 is 2.52 bits per heavy atom. The van der Waals surface area contributed by atoms with Gasteiger partial charge < -0.3 is 14.8 Å². The Bertz CT molecular complexity index is 770. The molecule has 0 spiro atoms. The second kappa shape index (κ2) is 8.33. The van der Waals surface area contributed by atoms with Crippen molar-refractivity contribution >= 4 is 17.6 Å². The van der Waals surface area contributed by atoms with Crippen LogP contribution < -0.4 is 10.1 Å². The summed E-state index contributed by atoms with van der Waals surface area (Å²) in [6.07, 6.45) is -0.0992. The van der Waals surface area contributed by atoms with Crippen LogP contribution in [0.2, 0.25) is 0 Å². The van der Waals surface area contributed by atoms with E-state index in [-0.39, 0.29) is 5.91 Å². The van der Waals surface area contributed by atoms with E-state index in [0.29, 0.717) is 23.4 Å². The zero-order valence-electron chi connectivity index (χ0n) is 15.0. The number of ether oxygens (including phenoxy) is 2. The topological polar surface area (TPSA) is 64.6 Å². The first kappa shape index (κ1) is 18.5. The minimum Gasteiger partial charge on any atom is -0.480 e. The molecule has 5 heteroatoms. The molecule has 2 aromatic carbocycles. The number of anilines is 1. The van der Waals surface area contributed by atoms with E-state index in [2.05, 4.69) is 5.32 Å². The lowest BCUT2D eigenvalue weighted by atomic mass is 10.1. The number of esters is 1. The SMILES string of the molecule is CC[C@@H](Oc1cccc(C)c1C)C(=O)Nc1cccc(C(=O)OC)c1. The molecule has 1 N–H and O–H groups in total. The van der Waals surface area contributed by atoms with Gasteiger partial charge in [0.25, 0.3) is 5.91 Å². The molecule has 0 aromatic heterocycles. The highest BCUT2D eigenvalue weighted by atomic mass is 16.5. The van der Waals surface area contributed by atoms with Crippen LogP contribution >= 0.6 is 0 Å². The Balaban J connectivity index is 2.12. The Morgan fingerprint density at radius 1 is 1.12 bits per heavy atom. The van der Waals surface area contributed by atoms with E-state index in [1.54, 1.807) is 24.3 Å². The Morgan fingerprint density at radius 2 is 1.84 bits per heavy atom.